The molecule has 1 amide bonds. The minimum absolute atomic E-state index is 0.0164. The van der Waals surface area contributed by atoms with E-state index in [4.69, 9.17) is 4.74 Å². The summed E-state index contributed by atoms with van der Waals surface area (Å²) in [5.74, 6) is -1.27. The first-order chi connectivity index (χ1) is 21.4. The quantitative estimate of drug-likeness (QED) is 0.265. The van der Waals surface area contributed by atoms with E-state index in [1.165, 1.54) is 13.1 Å². The molecule has 0 radical (unpaired) electrons. The van der Waals surface area contributed by atoms with Gasteiger partial charge in [-0.2, -0.15) is 4.98 Å². The Hall–Kier alpha value is -4.72. The van der Waals surface area contributed by atoms with Gasteiger partial charge < -0.3 is 25.0 Å². The Kier molecular flexibility index (Phi) is 10.6. The first kappa shape index (κ1) is 33.2. The van der Waals surface area contributed by atoms with Gasteiger partial charge in [0.2, 0.25) is 5.95 Å². The Labute approximate surface area is 262 Å². The van der Waals surface area contributed by atoms with E-state index >= 15 is 0 Å². The van der Waals surface area contributed by atoms with Crippen LogP contribution in [0.2, 0.25) is 0 Å². The molecule has 0 saturated carbocycles. The molecule has 0 bridgehead atoms. The van der Waals surface area contributed by atoms with Gasteiger partial charge in [0, 0.05) is 38.3 Å². The minimum atomic E-state index is -4.33. The van der Waals surface area contributed by atoms with E-state index in [0.717, 1.165) is 41.4 Å². The third kappa shape index (κ3) is 7.87. The van der Waals surface area contributed by atoms with Crippen LogP contribution in [0.3, 0.4) is 0 Å². The monoisotopic (exact) mass is 640 g/mol. The lowest BCUT2D eigenvalue weighted by molar-refractivity contribution is -0.137. The van der Waals surface area contributed by atoms with E-state index in [1.54, 1.807) is 29.2 Å². The lowest BCUT2D eigenvalue weighted by atomic mass is 10.1. The number of sulfonamides is 1. The van der Waals surface area contributed by atoms with Gasteiger partial charge in [-0.15, -0.1) is 0 Å². The number of carboxylic acid groups (broad SMARTS) is 1. The van der Waals surface area contributed by atoms with E-state index in [-0.39, 0.29) is 34.5 Å². The molecule has 2 N–H and O–H groups in total. The Bertz CT molecular complexity index is 1630. The molecule has 3 aromatic rings. The van der Waals surface area contributed by atoms with Gasteiger partial charge in [0.1, 0.15) is 23.3 Å². The average Bonchev–Trinajstić information content (AvgIpc) is 3.55. The molecule has 1 fully saturated rings. The van der Waals surface area contributed by atoms with Crippen molar-refractivity contribution in [1.29, 1.82) is 0 Å². The lowest BCUT2D eigenvalue weighted by Crippen LogP contribution is -2.35. The molecule has 0 unspecified atom stereocenters. The fourth-order valence-electron chi connectivity index (χ4n) is 4.89. The predicted molar refractivity (Wildman–Crippen MR) is 168 cm³/mol. The van der Waals surface area contributed by atoms with Crippen LogP contribution in [0.4, 0.5) is 26.6 Å². The average molecular weight is 641 g/mol. The van der Waals surface area contributed by atoms with Crippen LogP contribution < -0.4 is 19.3 Å². The number of carbonyl (C=O) groups is 2. The van der Waals surface area contributed by atoms with Gasteiger partial charge in [0.25, 0.3) is 10.0 Å². The van der Waals surface area contributed by atoms with Gasteiger partial charge in [-0.25, -0.2) is 31.7 Å². The van der Waals surface area contributed by atoms with Crippen LogP contribution in [-0.4, -0.2) is 72.7 Å². The number of carboxylic acids is 1. The maximum atomic E-state index is 13.8. The van der Waals surface area contributed by atoms with Gasteiger partial charge in [-0.3, -0.25) is 0 Å². The number of hydrogen-bond acceptors (Lipinski definition) is 9. The number of benzene rings is 2. The van der Waals surface area contributed by atoms with Crippen molar-refractivity contribution in [1.82, 2.24) is 14.9 Å². The van der Waals surface area contributed by atoms with Crippen molar-refractivity contribution < 1.29 is 32.2 Å². The molecular weight excluding hydrogens is 603 g/mol. The molecular formula is C31H37FN6O6S. The second-order valence-corrected chi connectivity index (χ2v) is 12.3. The van der Waals surface area contributed by atoms with E-state index in [9.17, 15) is 27.5 Å². The Morgan fingerprint density at radius 2 is 1.71 bits per heavy atom. The summed E-state index contributed by atoms with van der Waals surface area (Å²) in [6.07, 6.45) is 2.72. The smallest absolute Gasteiger partial charge is 0.415 e. The zero-order valence-corrected chi connectivity index (χ0v) is 26.3. The molecule has 0 spiro atoms. The number of anilines is 3. The Morgan fingerprint density at radius 1 is 1.09 bits per heavy atom. The van der Waals surface area contributed by atoms with Gasteiger partial charge in [-0.05, 0) is 75.6 Å². The van der Waals surface area contributed by atoms with E-state index in [2.05, 4.69) is 21.9 Å². The van der Waals surface area contributed by atoms with Crippen molar-refractivity contribution in [2.75, 3.05) is 40.7 Å². The van der Waals surface area contributed by atoms with Crippen LogP contribution in [0.15, 0.2) is 71.9 Å². The van der Waals surface area contributed by atoms with Crippen LogP contribution in [-0.2, 0) is 21.2 Å². The number of aromatic nitrogens is 2. The van der Waals surface area contributed by atoms with Crippen molar-refractivity contribution >= 4 is 39.5 Å². The van der Waals surface area contributed by atoms with Crippen LogP contribution in [0.1, 0.15) is 39.2 Å². The highest BCUT2D eigenvalue weighted by Gasteiger charge is 2.31. The molecule has 1 atom stereocenters. The fourth-order valence-corrected chi connectivity index (χ4v) is 6.39. The molecule has 1 saturated heterocycles. The zero-order chi connectivity index (χ0) is 32.7. The summed E-state index contributed by atoms with van der Waals surface area (Å²) in [6.45, 7) is 11.5. The van der Waals surface area contributed by atoms with Crippen molar-refractivity contribution in [2.24, 2.45) is 0 Å². The first-order valence-electron chi connectivity index (χ1n) is 14.6. The number of carbonyl (C=O) groups excluding carboxylic acids is 1. The second-order valence-electron chi connectivity index (χ2n) is 10.5. The summed E-state index contributed by atoms with van der Waals surface area (Å²) in [5, 5.41) is 13.1. The van der Waals surface area contributed by atoms with Gasteiger partial charge >= 0.3 is 12.1 Å². The third-order valence-corrected chi connectivity index (χ3v) is 9.12. The molecule has 2 heterocycles. The molecule has 0 aliphatic carbocycles. The van der Waals surface area contributed by atoms with Crippen molar-refractivity contribution in [2.45, 2.75) is 51.0 Å². The molecule has 1 aromatic heterocycles. The molecule has 14 heteroatoms. The fraction of sp³-hybridized carbons (Fsp3) is 0.355. The SMILES string of the molecule is C=C(C)N(c1cnc(N(CC)CC)nc1N[C@@H](Cc1ccc(OC(=O)N2CCCC2)cc1)C(=O)O)S(=O)(=O)c1ccc(F)cc1. The number of aliphatic carboxylic acids is 1. The summed E-state index contributed by atoms with van der Waals surface area (Å²) in [7, 11) is -4.33. The van der Waals surface area contributed by atoms with E-state index < -0.39 is 33.9 Å². The van der Waals surface area contributed by atoms with Gasteiger partial charge in [0.05, 0.1) is 11.1 Å². The number of halogens is 1. The summed E-state index contributed by atoms with van der Waals surface area (Å²) in [6, 6.07) is 9.57. The largest absolute Gasteiger partial charge is 0.480 e. The zero-order valence-electron chi connectivity index (χ0n) is 25.4. The number of hydrogen-bond donors (Lipinski definition) is 2. The summed E-state index contributed by atoms with van der Waals surface area (Å²) in [4.78, 5) is 37.0. The number of nitrogens with one attached hydrogen (secondary N) is 1. The number of ether oxygens (including phenoxy) is 1. The lowest BCUT2D eigenvalue weighted by Gasteiger charge is -2.28. The molecule has 12 nitrogen and oxygen atoms in total. The van der Waals surface area contributed by atoms with Crippen LogP contribution in [0.25, 0.3) is 0 Å². The van der Waals surface area contributed by atoms with Crippen LogP contribution in [0, 0.1) is 5.82 Å². The minimum Gasteiger partial charge on any atom is -0.480 e. The maximum absolute atomic E-state index is 13.8. The molecule has 2 aromatic carbocycles. The molecule has 240 valence electrons. The predicted octanol–water partition coefficient (Wildman–Crippen LogP) is 4.89. The van der Waals surface area contributed by atoms with Crippen molar-refractivity contribution in [3.05, 3.63) is 78.4 Å². The first-order valence-corrected chi connectivity index (χ1v) is 16.0. The topological polar surface area (TPSA) is 145 Å². The highest BCUT2D eigenvalue weighted by Crippen LogP contribution is 2.34. The summed E-state index contributed by atoms with van der Waals surface area (Å²) < 4.78 is 47.5. The normalized spacial score (nSPS) is 13.6. The highest BCUT2D eigenvalue weighted by molar-refractivity contribution is 7.93. The van der Waals surface area contributed by atoms with E-state index in [0.29, 0.717) is 37.5 Å². The Balaban J connectivity index is 1.67. The third-order valence-electron chi connectivity index (χ3n) is 7.26. The summed E-state index contributed by atoms with van der Waals surface area (Å²) in [5.41, 5.74) is 0.636. The Morgan fingerprint density at radius 3 is 2.27 bits per heavy atom. The molecule has 45 heavy (non-hydrogen) atoms. The molecule has 1 aliphatic heterocycles. The maximum Gasteiger partial charge on any atom is 0.415 e. The number of amides is 1. The van der Waals surface area contributed by atoms with Gasteiger partial charge in [-0.1, -0.05) is 18.7 Å². The molecule has 1 aliphatic rings. The molecule has 4 rings (SSSR count). The standard InChI is InChI=1S/C31H37FN6O6S/c1-5-36(6-2)30-33-20-27(38(21(3)4)45(42,43)25-15-11-23(32)12-16-25)28(35-30)34-26(29(39)40)19-22-9-13-24(14-10-22)44-31(41)37-17-7-8-18-37/h9-16,20,26H,3,5-8,17-19H2,1-2,4H3,(H,39,40)(H,33,34,35)/t26-/m0/s1. The van der Waals surface area contributed by atoms with Crippen LogP contribution >= 0.6 is 0 Å². The van der Waals surface area contributed by atoms with Gasteiger partial charge in [0.15, 0.2) is 5.82 Å². The second kappa shape index (κ2) is 14.4. The van der Waals surface area contributed by atoms with Crippen molar-refractivity contribution in [3.8, 4) is 5.75 Å². The number of likely N-dealkylation sites (tertiary alicyclic amines) is 1. The number of nitrogens with zero attached hydrogens (tertiary/aromatic N) is 5. The number of allylic oxidation sites excluding steroid dienone is 1. The van der Waals surface area contributed by atoms with Crippen molar-refractivity contribution in [3.63, 3.8) is 0 Å². The van der Waals surface area contributed by atoms with E-state index in [1.807, 2.05) is 18.7 Å². The highest BCUT2D eigenvalue weighted by atomic mass is 32.2. The number of rotatable bonds is 13. The van der Waals surface area contributed by atoms with Crippen LogP contribution in [0.5, 0.6) is 5.75 Å². The summed E-state index contributed by atoms with van der Waals surface area (Å²) >= 11 is 0.